The third-order valence-corrected chi connectivity index (χ3v) is 4.11. The summed E-state index contributed by atoms with van der Waals surface area (Å²) in [6.45, 7) is 0.440. The maximum absolute atomic E-state index is 12.5. The van der Waals surface area contributed by atoms with Crippen molar-refractivity contribution in [1.29, 1.82) is 5.26 Å². The van der Waals surface area contributed by atoms with Crippen molar-refractivity contribution >= 4 is 17.7 Å². The summed E-state index contributed by atoms with van der Waals surface area (Å²) in [7, 11) is 1.55. The van der Waals surface area contributed by atoms with Crippen molar-refractivity contribution in [2.75, 3.05) is 12.4 Å². The van der Waals surface area contributed by atoms with Crippen LogP contribution in [0.4, 0.5) is 5.69 Å². The molecule has 0 fully saturated rings. The number of hydrogen-bond acceptors (Lipinski definition) is 4. The third-order valence-electron chi connectivity index (χ3n) is 4.11. The number of carbonyl (C=O) groups is 1. The van der Waals surface area contributed by atoms with E-state index in [1.807, 2.05) is 54.6 Å². The molecule has 3 aromatic carbocycles. The highest BCUT2D eigenvalue weighted by Crippen LogP contribution is 2.20. The average molecular weight is 384 g/mol. The predicted molar refractivity (Wildman–Crippen MR) is 112 cm³/mol. The Morgan fingerprint density at radius 3 is 2.52 bits per heavy atom. The fraction of sp³-hybridized carbons (Fsp3) is 0.0833. The van der Waals surface area contributed by atoms with Gasteiger partial charge in [0.2, 0.25) is 0 Å². The Bertz CT molecular complexity index is 1050. The molecular weight excluding hydrogens is 364 g/mol. The molecule has 1 amide bonds. The van der Waals surface area contributed by atoms with Crippen LogP contribution < -0.4 is 14.8 Å². The van der Waals surface area contributed by atoms with Crippen molar-refractivity contribution in [3.05, 3.63) is 95.6 Å². The van der Waals surface area contributed by atoms with Gasteiger partial charge in [-0.05, 0) is 41.5 Å². The first-order valence-corrected chi connectivity index (χ1v) is 9.02. The van der Waals surface area contributed by atoms with Gasteiger partial charge in [0.1, 0.15) is 29.7 Å². The molecule has 1 N–H and O–H groups in total. The summed E-state index contributed by atoms with van der Waals surface area (Å²) in [6.07, 6.45) is 1.53. The number of rotatable bonds is 7. The Kier molecular flexibility index (Phi) is 6.64. The first kappa shape index (κ1) is 19.7. The molecule has 0 saturated heterocycles. The van der Waals surface area contributed by atoms with E-state index in [-0.39, 0.29) is 5.57 Å². The molecule has 0 spiro atoms. The van der Waals surface area contributed by atoms with E-state index in [0.717, 1.165) is 5.56 Å². The van der Waals surface area contributed by atoms with Crippen molar-refractivity contribution in [2.45, 2.75) is 6.61 Å². The molecule has 0 unspecified atom stereocenters. The Hall–Kier alpha value is -4.04. The van der Waals surface area contributed by atoms with E-state index in [1.165, 1.54) is 6.08 Å². The van der Waals surface area contributed by atoms with Crippen molar-refractivity contribution in [2.24, 2.45) is 0 Å². The van der Waals surface area contributed by atoms with Gasteiger partial charge in [0.25, 0.3) is 5.91 Å². The van der Waals surface area contributed by atoms with E-state index >= 15 is 0 Å². The number of carbonyl (C=O) groups excluding carboxylic acids is 1. The fourth-order valence-electron chi connectivity index (χ4n) is 2.65. The molecule has 0 aromatic heterocycles. The lowest BCUT2D eigenvalue weighted by molar-refractivity contribution is -0.112. The largest absolute Gasteiger partial charge is 0.497 e. The van der Waals surface area contributed by atoms with E-state index in [4.69, 9.17) is 9.47 Å². The van der Waals surface area contributed by atoms with Crippen LogP contribution in [0.2, 0.25) is 0 Å². The van der Waals surface area contributed by atoms with Crippen LogP contribution in [-0.2, 0) is 11.4 Å². The van der Waals surface area contributed by atoms with Gasteiger partial charge in [-0.25, -0.2) is 0 Å². The molecule has 5 nitrogen and oxygen atoms in total. The SMILES string of the molecule is COc1cccc(NC(=O)/C(C#N)=C/c2cccc(OCc3ccccc3)c2)c1. The quantitative estimate of drug-likeness (QED) is 0.468. The fourth-order valence-corrected chi connectivity index (χ4v) is 2.65. The Balaban J connectivity index is 1.71. The van der Waals surface area contributed by atoms with Crippen LogP contribution in [0.5, 0.6) is 11.5 Å². The molecule has 0 heterocycles. The maximum atomic E-state index is 12.5. The van der Waals surface area contributed by atoms with Crippen LogP contribution in [0.1, 0.15) is 11.1 Å². The van der Waals surface area contributed by atoms with Crippen LogP contribution >= 0.6 is 0 Å². The minimum Gasteiger partial charge on any atom is -0.497 e. The zero-order valence-corrected chi connectivity index (χ0v) is 16.0. The van der Waals surface area contributed by atoms with Gasteiger partial charge >= 0.3 is 0 Å². The lowest BCUT2D eigenvalue weighted by Gasteiger charge is -2.08. The Morgan fingerprint density at radius 2 is 1.76 bits per heavy atom. The summed E-state index contributed by atoms with van der Waals surface area (Å²) in [4.78, 5) is 12.5. The number of benzene rings is 3. The lowest BCUT2D eigenvalue weighted by atomic mass is 10.1. The predicted octanol–water partition coefficient (Wildman–Crippen LogP) is 4.82. The highest BCUT2D eigenvalue weighted by Gasteiger charge is 2.10. The van der Waals surface area contributed by atoms with Gasteiger partial charge in [0.05, 0.1) is 7.11 Å². The van der Waals surface area contributed by atoms with Gasteiger partial charge in [-0.2, -0.15) is 5.26 Å². The number of nitrogens with one attached hydrogen (secondary N) is 1. The lowest BCUT2D eigenvalue weighted by Crippen LogP contribution is -2.13. The molecule has 5 heteroatoms. The first-order valence-electron chi connectivity index (χ1n) is 9.02. The molecule has 0 aliphatic carbocycles. The Morgan fingerprint density at radius 1 is 1.00 bits per heavy atom. The van der Waals surface area contributed by atoms with Gasteiger partial charge in [-0.15, -0.1) is 0 Å². The highest BCUT2D eigenvalue weighted by molar-refractivity contribution is 6.09. The van der Waals surface area contributed by atoms with Gasteiger partial charge in [-0.3, -0.25) is 4.79 Å². The highest BCUT2D eigenvalue weighted by atomic mass is 16.5. The van der Waals surface area contributed by atoms with Gasteiger partial charge in [0.15, 0.2) is 0 Å². The molecule has 0 radical (unpaired) electrons. The van der Waals surface area contributed by atoms with E-state index in [2.05, 4.69) is 5.32 Å². The first-order chi connectivity index (χ1) is 14.2. The second kappa shape index (κ2) is 9.77. The second-order valence-corrected chi connectivity index (χ2v) is 6.20. The summed E-state index contributed by atoms with van der Waals surface area (Å²) in [6, 6.07) is 26.0. The number of anilines is 1. The minimum absolute atomic E-state index is 0.00645. The smallest absolute Gasteiger partial charge is 0.266 e. The van der Waals surface area contributed by atoms with Crippen LogP contribution in [-0.4, -0.2) is 13.0 Å². The number of ether oxygens (including phenoxy) is 2. The minimum atomic E-state index is -0.489. The van der Waals surface area contributed by atoms with E-state index < -0.39 is 5.91 Å². The zero-order valence-electron chi connectivity index (χ0n) is 16.0. The summed E-state index contributed by atoms with van der Waals surface area (Å²) in [5.41, 5.74) is 2.31. The number of amides is 1. The summed E-state index contributed by atoms with van der Waals surface area (Å²) < 4.78 is 10.9. The monoisotopic (exact) mass is 384 g/mol. The number of hydrogen-bond donors (Lipinski definition) is 1. The third kappa shape index (κ3) is 5.72. The number of methoxy groups -OCH3 is 1. The number of nitriles is 1. The molecule has 3 rings (SSSR count). The second-order valence-electron chi connectivity index (χ2n) is 6.20. The molecule has 0 saturated carbocycles. The molecule has 0 aliphatic rings. The van der Waals surface area contributed by atoms with Crippen molar-refractivity contribution < 1.29 is 14.3 Å². The van der Waals surface area contributed by atoms with Crippen LogP contribution in [0, 0.1) is 11.3 Å². The normalized spacial score (nSPS) is 10.7. The zero-order chi connectivity index (χ0) is 20.5. The summed E-state index contributed by atoms with van der Waals surface area (Å²) >= 11 is 0. The van der Waals surface area contributed by atoms with Crippen molar-refractivity contribution in [3.8, 4) is 17.6 Å². The molecule has 0 aliphatic heterocycles. The molecule has 3 aromatic rings. The van der Waals surface area contributed by atoms with Crippen LogP contribution in [0.3, 0.4) is 0 Å². The van der Waals surface area contributed by atoms with E-state index in [0.29, 0.717) is 29.4 Å². The maximum Gasteiger partial charge on any atom is 0.266 e. The molecule has 29 heavy (non-hydrogen) atoms. The molecular formula is C24H20N2O3. The van der Waals surface area contributed by atoms with Crippen LogP contribution in [0.15, 0.2) is 84.4 Å². The van der Waals surface area contributed by atoms with Crippen molar-refractivity contribution in [1.82, 2.24) is 0 Å². The number of nitrogens with zero attached hydrogens (tertiary/aromatic N) is 1. The molecule has 144 valence electrons. The van der Waals surface area contributed by atoms with E-state index in [1.54, 1.807) is 37.4 Å². The van der Waals surface area contributed by atoms with Gasteiger partial charge in [-0.1, -0.05) is 48.5 Å². The molecule has 0 atom stereocenters. The average Bonchev–Trinajstić information content (AvgIpc) is 2.77. The van der Waals surface area contributed by atoms with E-state index in [9.17, 15) is 10.1 Å². The van der Waals surface area contributed by atoms with Gasteiger partial charge < -0.3 is 14.8 Å². The van der Waals surface area contributed by atoms with Crippen molar-refractivity contribution in [3.63, 3.8) is 0 Å². The van der Waals surface area contributed by atoms with Crippen LogP contribution in [0.25, 0.3) is 6.08 Å². The standard InChI is InChI=1S/C24H20N2O3/c1-28-22-11-6-10-21(15-22)26-24(27)20(16-25)13-19-9-5-12-23(14-19)29-17-18-7-3-2-4-8-18/h2-15H,17H2,1H3,(H,26,27)/b20-13+. The summed E-state index contributed by atoms with van der Waals surface area (Å²) in [5, 5.41) is 12.1. The van der Waals surface area contributed by atoms with Gasteiger partial charge in [0, 0.05) is 11.8 Å². The Labute approximate surface area is 169 Å². The topological polar surface area (TPSA) is 71.3 Å². The molecule has 0 bridgehead atoms. The summed E-state index contributed by atoms with van der Waals surface area (Å²) in [5.74, 6) is 0.790.